The van der Waals surface area contributed by atoms with Gasteiger partial charge in [0, 0.05) is 23.5 Å². The molecule has 138 valence electrons. The van der Waals surface area contributed by atoms with Crippen LogP contribution >= 0.6 is 23.8 Å². The van der Waals surface area contributed by atoms with Crippen LogP contribution in [0.1, 0.15) is 31.9 Å². The monoisotopic (exact) mass is 412 g/mol. The van der Waals surface area contributed by atoms with Gasteiger partial charge in [0.15, 0.2) is 10.9 Å². The number of hydrogen-bond donors (Lipinski definition) is 0. The van der Waals surface area contributed by atoms with Crippen LogP contribution in [0.4, 0.5) is 4.39 Å². The highest BCUT2D eigenvalue weighted by molar-refractivity contribution is 7.85. The molecule has 2 aromatic rings. The predicted octanol–water partition coefficient (Wildman–Crippen LogP) is 4.74. The fraction of sp³-hybridized carbons (Fsp3) is 0.278. The van der Waals surface area contributed by atoms with Crippen LogP contribution in [0.2, 0.25) is 5.02 Å². The van der Waals surface area contributed by atoms with E-state index in [2.05, 4.69) is 9.38 Å². The van der Waals surface area contributed by atoms with Crippen LogP contribution in [0.3, 0.4) is 0 Å². The lowest BCUT2D eigenvalue weighted by Gasteiger charge is -2.14. The highest BCUT2D eigenvalue weighted by atomic mass is 35.5. The summed E-state index contributed by atoms with van der Waals surface area (Å²) in [5.41, 5.74) is 1.49. The quantitative estimate of drug-likeness (QED) is 0.537. The molecule has 4 nitrogen and oxygen atoms in total. The average molecular weight is 413 g/mol. The van der Waals surface area contributed by atoms with Crippen LogP contribution in [0.5, 0.6) is 0 Å². The second kappa shape index (κ2) is 8.33. The first-order chi connectivity index (χ1) is 12.2. The lowest BCUT2D eigenvalue weighted by Crippen LogP contribution is -2.19. The summed E-state index contributed by atoms with van der Waals surface area (Å²) >= 11 is 11.1. The number of aromatic nitrogens is 1. The number of ether oxygens (including phenoxy) is 1. The van der Waals surface area contributed by atoms with E-state index in [1.165, 1.54) is 19.4 Å². The first kappa shape index (κ1) is 20.6. The molecule has 0 aliphatic heterocycles. The van der Waals surface area contributed by atoms with Gasteiger partial charge in [0.2, 0.25) is 0 Å². The van der Waals surface area contributed by atoms with Gasteiger partial charge in [-0.25, -0.2) is 8.60 Å². The Labute approximate surface area is 165 Å². The van der Waals surface area contributed by atoms with Crippen LogP contribution in [0.15, 0.2) is 34.9 Å². The van der Waals surface area contributed by atoms with Crippen molar-refractivity contribution in [2.75, 3.05) is 7.11 Å². The molecule has 0 aliphatic carbocycles. The van der Waals surface area contributed by atoms with Crippen molar-refractivity contribution in [3.05, 3.63) is 52.4 Å². The standard InChI is InChI=1S/C18H18ClFN2O2S2/c1-18(2,3)26(23)22-10-13-11(7-8-14(19)15(13)20)16-12(17(25)24-4)6-5-9-21-16/h5-10H,1-4H3. The fourth-order valence-electron chi connectivity index (χ4n) is 2.05. The molecule has 0 saturated heterocycles. The first-order valence-electron chi connectivity index (χ1n) is 7.64. The van der Waals surface area contributed by atoms with Gasteiger partial charge >= 0.3 is 0 Å². The molecule has 0 N–H and O–H groups in total. The van der Waals surface area contributed by atoms with Crippen LogP contribution in [-0.2, 0) is 15.7 Å². The normalized spacial score (nSPS) is 13.0. The van der Waals surface area contributed by atoms with Crippen LogP contribution in [-0.4, -0.2) is 32.3 Å². The van der Waals surface area contributed by atoms with E-state index in [9.17, 15) is 8.60 Å². The van der Waals surface area contributed by atoms with E-state index < -0.39 is 21.5 Å². The van der Waals surface area contributed by atoms with Gasteiger partial charge in [0.25, 0.3) is 0 Å². The summed E-state index contributed by atoms with van der Waals surface area (Å²) in [7, 11) is -0.0895. The van der Waals surface area contributed by atoms with E-state index in [1.54, 1.807) is 45.2 Å². The lowest BCUT2D eigenvalue weighted by atomic mass is 10.0. The number of methoxy groups -OCH3 is 1. The van der Waals surface area contributed by atoms with E-state index in [4.69, 9.17) is 28.6 Å². The largest absolute Gasteiger partial charge is 0.486 e. The SMILES string of the molecule is COC(=S)c1cccnc1-c1ccc(Cl)c(F)c1C=NS(=O)C(C)(C)C. The summed E-state index contributed by atoms with van der Waals surface area (Å²) in [6.45, 7) is 5.34. The van der Waals surface area contributed by atoms with Crippen molar-refractivity contribution in [1.82, 2.24) is 4.98 Å². The molecule has 2 rings (SSSR count). The van der Waals surface area contributed by atoms with Gasteiger partial charge in [-0.05, 0) is 51.2 Å². The van der Waals surface area contributed by atoms with Gasteiger partial charge in [-0.2, -0.15) is 4.40 Å². The molecule has 0 bridgehead atoms. The fourth-order valence-corrected chi connectivity index (χ4v) is 2.90. The van der Waals surface area contributed by atoms with E-state index in [-0.39, 0.29) is 15.6 Å². The molecule has 1 heterocycles. The zero-order valence-electron chi connectivity index (χ0n) is 14.7. The molecule has 26 heavy (non-hydrogen) atoms. The van der Waals surface area contributed by atoms with Crippen molar-refractivity contribution in [2.24, 2.45) is 4.40 Å². The highest BCUT2D eigenvalue weighted by Gasteiger charge is 2.21. The third-order valence-corrected chi connectivity index (χ3v) is 5.43. The molecule has 0 amide bonds. The lowest BCUT2D eigenvalue weighted by molar-refractivity contribution is 0.416. The van der Waals surface area contributed by atoms with Gasteiger partial charge < -0.3 is 4.74 Å². The maximum atomic E-state index is 14.7. The number of pyridine rings is 1. The van der Waals surface area contributed by atoms with Crippen LogP contribution in [0, 0.1) is 5.82 Å². The predicted molar refractivity (Wildman–Crippen MR) is 109 cm³/mol. The molecular weight excluding hydrogens is 395 g/mol. The van der Waals surface area contributed by atoms with E-state index in [1.807, 2.05) is 0 Å². The van der Waals surface area contributed by atoms with Gasteiger partial charge in [-0.1, -0.05) is 17.7 Å². The molecule has 1 aromatic heterocycles. The zero-order chi connectivity index (χ0) is 19.5. The van der Waals surface area contributed by atoms with E-state index in [0.29, 0.717) is 16.8 Å². The molecule has 1 unspecified atom stereocenters. The number of benzene rings is 1. The van der Waals surface area contributed by atoms with Crippen molar-refractivity contribution >= 4 is 46.1 Å². The Morgan fingerprint density at radius 2 is 2.08 bits per heavy atom. The Kier molecular flexibility index (Phi) is 6.60. The second-order valence-corrected chi connectivity index (χ2v) is 9.02. The van der Waals surface area contributed by atoms with Crippen LogP contribution in [0.25, 0.3) is 11.3 Å². The Balaban J connectivity index is 2.66. The van der Waals surface area contributed by atoms with Crippen molar-refractivity contribution in [3.63, 3.8) is 0 Å². The van der Waals surface area contributed by atoms with Gasteiger partial charge in [-0.3, -0.25) is 4.98 Å². The minimum atomic E-state index is -1.54. The average Bonchev–Trinajstić information content (AvgIpc) is 2.61. The minimum absolute atomic E-state index is 0.0662. The Morgan fingerprint density at radius 1 is 1.38 bits per heavy atom. The topological polar surface area (TPSA) is 51.6 Å². The minimum Gasteiger partial charge on any atom is -0.486 e. The smallest absolute Gasteiger partial charge is 0.193 e. The molecule has 8 heteroatoms. The summed E-state index contributed by atoms with van der Waals surface area (Å²) in [5, 5.41) is 0.160. The second-order valence-electron chi connectivity index (χ2n) is 6.31. The molecule has 0 spiro atoms. The number of thiocarbonyl (C=S) groups is 1. The van der Waals surface area contributed by atoms with E-state index >= 15 is 0 Å². The Bertz CT molecular complexity index is 895. The molecule has 1 aromatic carbocycles. The first-order valence-corrected chi connectivity index (χ1v) is 9.54. The maximum Gasteiger partial charge on any atom is 0.193 e. The van der Waals surface area contributed by atoms with Crippen molar-refractivity contribution in [1.29, 1.82) is 0 Å². The number of hydrogen-bond acceptors (Lipinski definition) is 4. The van der Waals surface area contributed by atoms with Crippen molar-refractivity contribution < 1.29 is 13.3 Å². The van der Waals surface area contributed by atoms with Crippen molar-refractivity contribution in [3.8, 4) is 11.3 Å². The number of halogens is 2. The number of rotatable bonds is 4. The molecule has 0 saturated carbocycles. The molecule has 0 radical (unpaired) electrons. The molecule has 0 aliphatic rings. The summed E-state index contributed by atoms with van der Waals surface area (Å²) in [4.78, 5) is 4.31. The summed E-state index contributed by atoms with van der Waals surface area (Å²) in [6.07, 6.45) is 2.80. The maximum absolute atomic E-state index is 14.7. The van der Waals surface area contributed by atoms with E-state index in [0.717, 1.165) is 0 Å². The van der Waals surface area contributed by atoms with Gasteiger partial charge in [0.05, 0.1) is 28.1 Å². The highest BCUT2D eigenvalue weighted by Crippen LogP contribution is 2.30. The summed E-state index contributed by atoms with van der Waals surface area (Å²) in [6, 6.07) is 6.49. The Hall–Kier alpha value is -1.70. The van der Waals surface area contributed by atoms with Crippen LogP contribution < -0.4 is 0 Å². The zero-order valence-corrected chi connectivity index (χ0v) is 17.1. The number of nitrogens with zero attached hydrogens (tertiary/aromatic N) is 2. The Morgan fingerprint density at radius 3 is 2.69 bits per heavy atom. The molecule has 0 fully saturated rings. The third-order valence-electron chi connectivity index (χ3n) is 3.40. The summed E-state index contributed by atoms with van der Waals surface area (Å²) < 4.78 is 35.5. The summed E-state index contributed by atoms with van der Waals surface area (Å²) in [5.74, 6) is -0.668. The molecular formula is C18H18ClFN2O2S2. The van der Waals surface area contributed by atoms with Gasteiger partial charge in [-0.15, -0.1) is 0 Å². The molecule has 1 atom stereocenters. The van der Waals surface area contributed by atoms with Gasteiger partial charge in [0.1, 0.15) is 11.0 Å². The van der Waals surface area contributed by atoms with Crippen molar-refractivity contribution in [2.45, 2.75) is 25.5 Å². The third kappa shape index (κ3) is 4.52.